The van der Waals surface area contributed by atoms with Crippen molar-refractivity contribution < 1.29 is 13.6 Å². The third kappa shape index (κ3) is 4.06. The van der Waals surface area contributed by atoms with Gasteiger partial charge in [-0.3, -0.25) is 0 Å². The number of hydrogen-bond donors (Lipinski definition) is 2. The van der Waals surface area contributed by atoms with Crippen LogP contribution in [0.4, 0.5) is 19.3 Å². The molecule has 0 aliphatic heterocycles. The first-order valence-corrected chi connectivity index (χ1v) is 5.60. The van der Waals surface area contributed by atoms with Crippen LogP contribution in [0.3, 0.4) is 0 Å². The number of imidazole rings is 1. The molecule has 0 unspecified atom stereocenters. The van der Waals surface area contributed by atoms with Gasteiger partial charge in [-0.15, -0.1) is 0 Å². The number of anilines is 1. The maximum atomic E-state index is 12.9. The summed E-state index contributed by atoms with van der Waals surface area (Å²) >= 11 is 0. The predicted molar refractivity (Wildman–Crippen MR) is 65.6 cm³/mol. The highest BCUT2D eigenvalue weighted by Crippen LogP contribution is 2.12. The van der Waals surface area contributed by atoms with Crippen molar-refractivity contribution in [2.24, 2.45) is 0 Å². The molecule has 0 atom stereocenters. The zero-order valence-corrected chi connectivity index (χ0v) is 9.94. The molecule has 0 saturated heterocycles. The normalized spacial score (nSPS) is 10.2. The summed E-state index contributed by atoms with van der Waals surface area (Å²) in [5.41, 5.74) is 0.0673. The molecule has 0 saturated carbocycles. The van der Waals surface area contributed by atoms with Gasteiger partial charge in [0, 0.05) is 37.2 Å². The Morgan fingerprint density at radius 2 is 2.00 bits per heavy atom. The number of nitrogens with zero attached hydrogens (tertiary/aromatic N) is 2. The minimum absolute atomic E-state index is 0.0673. The maximum absolute atomic E-state index is 12.9. The van der Waals surface area contributed by atoms with Gasteiger partial charge in [-0.05, 0) is 12.1 Å². The quantitative estimate of drug-likeness (QED) is 0.889. The highest BCUT2D eigenvalue weighted by molar-refractivity contribution is 5.89. The van der Waals surface area contributed by atoms with Gasteiger partial charge in [0.05, 0.1) is 6.33 Å². The predicted octanol–water partition coefficient (Wildman–Crippen LogP) is 1.98. The van der Waals surface area contributed by atoms with E-state index in [1.165, 1.54) is 0 Å². The van der Waals surface area contributed by atoms with E-state index in [9.17, 15) is 13.6 Å². The SMILES string of the molecule is O=C(NCCn1ccnc1)Nc1cc(F)cc(F)c1. The molecule has 0 bridgehead atoms. The number of benzene rings is 1. The Bertz CT molecular complexity index is 537. The van der Waals surface area contributed by atoms with Gasteiger partial charge >= 0.3 is 6.03 Å². The summed E-state index contributed by atoms with van der Waals surface area (Å²) < 4.78 is 27.6. The fraction of sp³-hybridized carbons (Fsp3) is 0.167. The minimum atomic E-state index is -0.742. The number of halogens is 2. The molecule has 0 fully saturated rings. The summed E-state index contributed by atoms with van der Waals surface area (Å²) in [5.74, 6) is -1.48. The molecule has 19 heavy (non-hydrogen) atoms. The van der Waals surface area contributed by atoms with Crippen molar-refractivity contribution in [3.63, 3.8) is 0 Å². The van der Waals surface area contributed by atoms with E-state index in [-0.39, 0.29) is 5.69 Å². The Balaban J connectivity index is 1.80. The molecule has 2 N–H and O–H groups in total. The zero-order chi connectivity index (χ0) is 13.7. The van der Waals surface area contributed by atoms with Crippen LogP contribution in [0.1, 0.15) is 0 Å². The van der Waals surface area contributed by atoms with Gasteiger partial charge in [0.15, 0.2) is 0 Å². The van der Waals surface area contributed by atoms with Crippen molar-refractivity contribution in [3.05, 3.63) is 48.6 Å². The fourth-order valence-corrected chi connectivity index (χ4v) is 1.52. The second kappa shape index (κ2) is 5.94. The van der Waals surface area contributed by atoms with Crippen molar-refractivity contribution in [2.45, 2.75) is 6.54 Å². The van der Waals surface area contributed by atoms with Crippen LogP contribution in [0.15, 0.2) is 36.9 Å². The highest BCUT2D eigenvalue weighted by Gasteiger charge is 2.04. The van der Waals surface area contributed by atoms with Crippen LogP contribution in [0.5, 0.6) is 0 Å². The second-order valence-electron chi connectivity index (χ2n) is 3.84. The molecule has 0 aliphatic carbocycles. The van der Waals surface area contributed by atoms with Crippen molar-refractivity contribution in [3.8, 4) is 0 Å². The monoisotopic (exact) mass is 266 g/mol. The number of nitrogens with one attached hydrogen (secondary N) is 2. The molecule has 2 rings (SSSR count). The standard InChI is InChI=1S/C12H12F2N4O/c13-9-5-10(14)7-11(6-9)17-12(19)16-2-4-18-3-1-15-8-18/h1,3,5-8H,2,4H2,(H2,16,17,19). The van der Waals surface area contributed by atoms with Crippen LogP contribution in [0.25, 0.3) is 0 Å². The molecule has 2 amide bonds. The number of aromatic nitrogens is 2. The highest BCUT2D eigenvalue weighted by atomic mass is 19.1. The lowest BCUT2D eigenvalue weighted by Crippen LogP contribution is -2.31. The lowest BCUT2D eigenvalue weighted by Gasteiger charge is -2.08. The number of urea groups is 1. The van der Waals surface area contributed by atoms with Crippen LogP contribution in [-0.4, -0.2) is 22.1 Å². The third-order valence-electron chi connectivity index (χ3n) is 2.34. The Hall–Kier alpha value is -2.44. The Labute approximate surface area is 108 Å². The fourth-order valence-electron chi connectivity index (χ4n) is 1.52. The molecule has 1 aromatic heterocycles. The average molecular weight is 266 g/mol. The molecule has 5 nitrogen and oxygen atoms in total. The van der Waals surface area contributed by atoms with Gasteiger partial charge in [-0.1, -0.05) is 0 Å². The molecule has 1 aromatic carbocycles. The lowest BCUT2D eigenvalue weighted by molar-refractivity contribution is 0.251. The van der Waals surface area contributed by atoms with Crippen molar-refractivity contribution in [1.82, 2.24) is 14.9 Å². The summed E-state index contributed by atoms with van der Waals surface area (Å²) in [6, 6.07) is 2.30. The lowest BCUT2D eigenvalue weighted by atomic mass is 10.3. The topological polar surface area (TPSA) is 59.0 Å². The second-order valence-corrected chi connectivity index (χ2v) is 3.84. The molecule has 100 valence electrons. The molecular weight excluding hydrogens is 254 g/mol. The summed E-state index contributed by atoms with van der Waals surface area (Å²) in [6.45, 7) is 0.935. The number of hydrogen-bond acceptors (Lipinski definition) is 2. The molecule has 0 radical (unpaired) electrons. The molecule has 1 heterocycles. The summed E-state index contributed by atoms with van der Waals surface area (Å²) in [6.07, 6.45) is 5.03. The molecule has 7 heteroatoms. The molecular formula is C12H12F2N4O. The Morgan fingerprint density at radius 1 is 1.26 bits per heavy atom. The van der Waals surface area contributed by atoms with Crippen LogP contribution < -0.4 is 10.6 Å². The Kier molecular flexibility index (Phi) is 4.07. The van der Waals surface area contributed by atoms with Gasteiger partial charge in [0.2, 0.25) is 0 Å². The van der Waals surface area contributed by atoms with Gasteiger partial charge in [0.25, 0.3) is 0 Å². The van der Waals surface area contributed by atoms with E-state index in [4.69, 9.17) is 0 Å². The molecule has 0 spiro atoms. The van der Waals surface area contributed by atoms with Crippen LogP contribution in [-0.2, 0) is 6.54 Å². The zero-order valence-electron chi connectivity index (χ0n) is 9.94. The van der Waals surface area contributed by atoms with Gasteiger partial charge in [-0.2, -0.15) is 0 Å². The van der Waals surface area contributed by atoms with Gasteiger partial charge in [0.1, 0.15) is 11.6 Å². The van der Waals surface area contributed by atoms with E-state index in [2.05, 4.69) is 15.6 Å². The van der Waals surface area contributed by atoms with Crippen LogP contribution in [0.2, 0.25) is 0 Å². The van der Waals surface area contributed by atoms with E-state index in [1.54, 1.807) is 23.3 Å². The largest absolute Gasteiger partial charge is 0.336 e. The minimum Gasteiger partial charge on any atom is -0.336 e. The van der Waals surface area contributed by atoms with Crippen molar-refractivity contribution >= 4 is 11.7 Å². The van der Waals surface area contributed by atoms with Crippen LogP contribution in [0, 0.1) is 11.6 Å². The first kappa shape index (κ1) is 13.0. The average Bonchev–Trinajstić information content (AvgIpc) is 2.80. The first-order chi connectivity index (χ1) is 9.13. The summed E-state index contributed by atoms with van der Waals surface area (Å²) in [4.78, 5) is 15.3. The van der Waals surface area contributed by atoms with Crippen molar-refractivity contribution in [2.75, 3.05) is 11.9 Å². The number of amides is 2. The maximum Gasteiger partial charge on any atom is 0.319 e. The van der Waals surface area contributed by atoms with E-state index in [0.29, 0.717) is 13.1 Å². The van der Waals surface area contributed by atoms with E-state index >= 15 is 0 Å². The number of carbonyl (C=O) groups excluding carboxylic acids is 1. The number of rotatable bonds is 4. The molecule has 2 aromatic rings. The summed E-state index contributed by atoms with van der Waals surface area (Å²) in [5, 5.41) is 4.91. The smallest absolute Gasteiger partial charge is 0.319 e. The summed E-state index contributed by atoms with van der Waals surface area (Å²) in [7, 11) is 0. The van der Waals surface area contributed by atoms with E-state index in [0.717, 1.165) is 18.2 Å². The number of carbonyl (C=O) groups is 1. The van der Waals surface area contributed by atoms with Gasteiger partial charge in [-0.25, -0.2) is 18.6 Å². The van der Waals surface area contributed by atoms with E-state index in [1.807, 2.05) is 0 Å². The van der Waals surface area contributed by atoms with Crippen LogP contribution >= 0.6 is 0 Å². The Morgan fingerprint density at radius 3 is 2.63 bits per heavy atom. The van der Waals surface area contributed by atoms with E-state index < -0.39 is 17.7 Å². The van der Waals surface area contributed by atoms with Crippen molar-refractivity contribution in [1.29, 1.82) is 0 Å². The van der Waals surface area contributed by atoms with Gasteiger partial charge < -0.3 is 15.2 Å². The first-order valence-electron chi connectivity index (χ1n) is 5.60. The molecule has 0 aliphatic rings. The third-order valence-corrected chi connectivity index (χ3v) is 2.34.